The SMILES string of the molecule is CO[n+]1c(C)cc(N(C)C)cc1C. The molecule has 0 fully saturated rings. The summed E-state index contributed by atoms with van der Waals surface area (Å²) >= 11 is 0. The maximum absolute atomic E-state index is 5.21. The molecule has 1 rings (SSSR count). The zero-order valence-electron chi connectivity index (χ0n) is 8.96. The average Bonchev–Trinajstić information content (AvgIpc) is 2.03. The van der Waals surface area contributed by atoms with Gasteiger partial charge in [0.15, 0.2) is 0 Å². The number of anilines is 1. The normalized spacial score (nSPS) is 9.92. The molecule has 1 aromatic rings. The molecular formula is C10H17N2O+. The number of aryl methyl sites for hydroxylation is 2. The summed E-state index contributed by atoms with van der Waals surface area (Å²) in [5.41, 5.74) is 3.40. The van der Waals surface area contributed by atoms with Crippen molar-refractivity contribution < 1.29 is 9.57 Å². The van der Waals surface area contributed by atoms with Crippen LogP contribution in [-0.2, 0) is 0 Å². The molecule has 0 saturated carbocycles. The first-order valence-electron chi connectivity index (χ1n) is 4.31. The van der Waals surface area contributed by atoms with Gasteiger partial charge >= 0.3 is 0 Å². The molecule has 3 heteroatoms. The summed E-state index contributed by atoms with van der Waals surface area (Å²) in [6, 6.07) is 4.19. The molecule has 0 saturated heterocycles. The van der Waals surface area contributed by atoms with Gasteiger partial charge in [-0.3, -0.25) is 4.84 Å². The van der Waals surface area contributed by atoms with Gasteiger partial charge in [-0.2, -0.15) is 0 Å². The van der Waals surface area contributed by atoms with E-state index >= 15 is 0 Å². The zero-order valence-corrected chi connectivity index (χ0v) is 8.96. The van der Waals surface area contributed by atoms with Crippen LogP contribution in [0.2, 0.25) is 0 Å². The van der Waals surface area contributed by atoms with Crippen LogP contribution in [0.1, 0.15) is 11.4 Å². The van der Waals surface area contributed by atoms with Gasteiger partial charge in [-0.15, -0.1) is 0 Å². The second-order valence-electron chi connectivity index (χ2n) is 3.37. The standard InChI is InChI=1S/C10H17N2O/c1-8-6-10(11(3)4)7-9(2)12(8)13-5/h6-7H,1-5H3/q+1. The van der Waals surface area contributed by atoms with E-state index in [4.69, 9.17) is 4.84 Å². The Kier molecular flexibility index (Phi) is 2.76. The molecule has 0 amide bonds. The van der Waals surface area contributed by atoms with E-state index in [0.29, 0.717) is 0 Å². The van der Waals surface area contributed by atoms with Crippen LogP contribution in [0.4, 0.5) is 5.69 Å². The predicted octanol–water partition coefficient (Wildman–Crippen LogP) is 0.715. The number of rotatable bonds is 2. The number of nitrogens with zero attached hydrogens (tertiary/aromatic N) is 2. The average molecular weight is 181 g/mol. The molecule has 1 aromatic heterocycles. The Morgan fingerprint density at radius 1 is 1.15 bits per heavy atom. The Hall–Kier alpha value is -1.25. The third-order valence-corrected chi connectivity index (χ3v) is 2.05. The third kappa shape index (κ3) is 1.91. The second kappa shape index (κ2) is 3.64. The zero-order chi connectivity index (χ0) is 10.0. The molecule has 0 spiro atoms. The Balaban J connectivity index is 3.20. The maximum atomic E-state index is 5.21. The monoisotopic (exact) mass is 181 g/mol. The van der Waals surface area contributed by atoms with E-state index in [1.54, 1.807) is 7.11 Å². The van der Waals surface area contributed by atoms with Crippen LogP contribution in [0.15, 0.2) is 12.1 Å². The number of pyridine rings is 1. The smallest absolute Gasteiger partial charge is 0.233 e. The van der Waals surface area contributed by atoms with E-state index in [-0.39, 0.29) is 0 Å². The summed E-state index contributed by atoms with van der Waals surface area (Å²) in [6.07, 6.45) is 0. The molecule has 13 heavy (non-hydrogen) atoms. The number of hydrogen-bond donors (Lipinski definition) is 0. The molecule has 0 atom stereocenters. The molecule has 0 aromatic carbocycles. The van der Waals surface area contributed by atoms with Crippen LogP contribution >= 0.6 is 0 Å². The van der Waals surface area contributed by atoms with E-state index in [2.05, 4.69) is 17.0 Å². The largest absolute Gasteiger partial charge is 0.377 e. The minimum Gasteiger partial charge on any atom is -0.377 e. The van der Waals surface area contributed by atoms with Gasteiger partial charge in [0.05, 0.1) is 0 Å². The summed E-state index contributed by atoms with van der Waals surface area (Å²) in [4.78, 5) is 7.29. The highest BCUT2D eigenvalue weighted by molar-refractivity contribution is 5.44. The van der Waals surface area contributed by atoms with Gasteiger partial charge in [-0.1, -0.05) is 0 Å². The Bertz CT molecular complexity index is 285. The van der Waals surface area contributed by atoms with E-state index in [9.17, 15) is 0 Å². The fraction of sp³-hybridized carbons (Fsp3) is 0.500. The lowest BCUT2D eigenvalue weighted by Gasteiger charge is -2.12. The molecule has 0 aliphatic carbocycles. The van der Waals surface area contributed by atoms with Crippen LogP contribution in [0.5, 0.6) is 0 Å². The fourth-order valence-electron chi connectivity index (χ4n) is 1.41. The first-order valence-corrected chi connectivity index (χ1v) is 4.31. The summed E-state index contributed by atoms with van der Waals surface area (Å²) in [5, 5.41) is 0. The van der Waals surface area contributed by atoms with Crippen LogP contribution in [0, 0.1) is 13.8 Å². The van der Waals surface area contributed by atoms with Crippen LogP contribution in [0.3, 0.4) is 0 Å². The third-order valence-electron chi connectivity index (χ3n) is 2.05. The van der Waals surface area contributed by atoms with Gasteiger partial charge in [0.25, 0.3) is 0 Å². The summed E-state index contributed by atoms with van der Waals surface area (Å²) < 4.78 is 1.81. The lowest BCUT2D eigenvalue weighted by atomic mass is 10.2. The molecule has 0 N–H and O–H groups in total. The topological polar surface area (TPSA) is 16.4 Å². The molecule has 3 nitrogen and oxygen atoms in total. The van der Waals surface area contributed by atoms with E-state index in [1.807, 2.05) is 32.7 Å². The minimum atomic E-state index is 1.10. The first-order chi connectivity index (χ1) is 6.06. The van der Waals surface area contributed by atoms with Gasteiger partial charge in [-0.05, 0) is 0 Å². The lowest BCUT2D eigenvalue weighted by Crippen LogP contribution is -2.46. The molecule has 0 unspecified atom stereocenters. The van der Waals surface area contributed by atoms with Crippen LogP contribution in [-0.4, -0.2) is 21.2 Å². The summed E-state index contributed by atoms with van der Waals surface area (Å²) in [6.45, 7) is 4.06. The molecule has 0 aliphatic rings. The Labute approximate surface area is 79.5 Å². The van der Waals surface area contributed by atoms with Crippen molar-refractivity contribution in [3.8, 4) is 0 Å². The second-order valence-corrected chi connectivity index (χ2v) is 3.37. The van der Waals surface area contributed by atoms with Crippen molar-refractivity contribution in [2.24, 2.45) is 0 Å². The van der Waals surface area contributed by atoms with Gasteiger partial charge < -0.3 is 4.90 Å². The van der Waals surface area contributed by atoms with E-state index < -0.39 is 0 Å². The van der Waals surface area contributed by atoms with E-state index in [0.717, 1.165) is 11.4 Å². The highest BCUT2D eigenvalue weighted by Crippen LogP contribution is 2.11. The van der Waals surface area contributed by atoms with Crippen molar-refractivity contribution >= 4 is 5.69 Å². The first kappa shape index (κ1) is 9.84. The van der Waals surface area contributed by atoms with Crippen molar-refractivity contribution in [1.82, 2.24) is 0 Å². The quantitative estimate of drug-likeness (QED) is 0.625. The summed E-state index contributed by atoms with van der Waals surface area (Å²) in [5.74, 6) is 0. The van der Waals surface area contributed by atoms with Crippen LogP contribution < -0.4 is 14.5 Å². The lowest BCUT2D eigenvalue weighted by molar-refractivity contribution is -0.893. The molecule has 72 valence electrons. The fourth-order valence-corrected chi connectivity index (χ4v) is 1.41. The Morgan fingerprint density at radius 2 is 1.62 bits per heavy atom. The van der Waals surface area contributed by atoms with Gasteiger partial charge in [0, 0.05) is 50.5 Å². The molecule has 1 heterocycles. The summed E-state index contributed by atoms with van der Waals surface area (Å²) in [7, 11) is 5.74. The van der Waals surface area contributed by atoms with Gasteiger partial charge in [0.1, 0.15) is 7.11 Å². The Morgan fingerprint density at radius 3 is 1.92 bits per heavy atom. The molecule has 0 aliphatic heterocycles. The van der Waals surface area contributed by atoms with Crippen molar-refractivity contribution in [3.05, 3.63) is 23.5 Å². The highest BCUT2D eigenvalue weighted by atomic mass is 16.6. The van der Waals surface area contributed by atoms with E-state index in [1.165, 1.54) is 5.69 Å². The van der Waals surface area contributed by atoms with Gasteiger partial charge in [0.2, 0.25) is 11.4 Å². The minimum absolute atomic E-state index is 1.10. The van der Waals surface area contributed by atoms with Crippen molar-refractivity contribution in [1.29, 1.82) is 0 Å². The maximum Gasteiger partial charge on any atom is 0.233 e. The predicted molar refractivity (Wildman–Crippen MR) is 52.9 cm³/mol. The van der Waals surface area contributed by atoms with Gasteiger partial charge in [-0.25, -0.2) is 0 Å². The number of aromatic nitrogens is 1. The van der Waals surface area contributed by atoms with Crippen molar-refractivity contribution in [2.45, 2.75) is 13.8 Å². The van der Waals surface area contributed by atoms with Crippen molar-refractivity contribution in [2.75, 3.05) is 26.1 Å². The number of hydrogen-bond acceptors (Lipinski definition) is 2. The molecule has 0 radical (unpaired) electrons. The highest BCUT2D eigenvalue weighted by Gasteiger charge is 2.13. The molecule has 0 bridgehead atoms. The molecular weight excluding hydrogens is 164 g/mol. The van der Waals surface area contributed by atoms with Crippen LogP contribution in [0.25, 0.3) is 0 Å². The van der Waals surface area contributed by atoms with Crippen molar-refractivity contribution in [3.63, 3.8) is 0 Å².